The summed E-state index contributed by atoms with van der Waals surface area (Å²) in [5.41, 5.74) is 5.58. The molecular formula is C18H16ClN3O2S. The van der Waals surface area contributed by atoms with Crippen LogP contribution in [0, 0.1) is 0 Å². The topological polar surface area (TPSA) is 66.7 Å². The van der Waals surface area contributed by atoms with Crippen molar-refractivity contribution in [2.24, 2.45) is 5.10 Å². The number of ether oxygens (including phenoxy) is 1. The molecule has 0 aliphatic carbocycles. The first-order chi connectivity index (χ1) is 12.2. The van der Waals surface area contributed by atoms with Crippen molar-refractivity contribution in [2.75, 3.05) is 12.0 Å². The Kier molecular flexibility index (Phi) is 5.53. The molecule has 2 aromatic carbocycles. The van der Waals surface area contributed by atoms with Gasteiger partial charge in [0.1, 0.15) is 0 Å². The van der Waals surface area contributed by atoms with Crippen molar-refractivity contribution in [3.8, 4) is 22.8 Å². The normalized spacial score (nSPS) is 11.0. The lowest BCUT2D eigenvalue weighted by Crippen LogP contribution is -1.94. The van der Waals surface area contributed by atoms with Crippen LogP contribution >= 0.6 is 22.9 Å². The van der Waals surface area contributed by atoms with Crippen LogP contribution in [0.2, 0.25) is 5.02 Å². The van der Waals surface area contributed by atoms with Gasteiger partial charge < -0.3 is 9.84 Å². The minimum absolute atomic E-state index is 0.111. The fourth-order valence-electron chi connectivity index (χ4n) is 2.12. The summed E-state index contributed by atoms with van der Waals surface area (Å²) in [4.78, 5) is 4.49. The Balaban J connectivity index is 1.67. The van der Waals surface area contributed by atoms with E-state index in [-0.39, 0.29) is 5.75 Å². The van der Waals surface area contributed by atoms with E-state index in [1.54, 1.807) is 24.4 Å². The number of aromatic hydroxyl groups is 1. The summed E-state index contributed by atoms with van der Waals surface area (Å²) >= 11 is 7.36. The quantitative estimate of drug-likeness (QED) is 0.470. The maximum atomic E-state index is 9.70. The molecule has 0 atom stereocenters. The minimum atomic E-state index is 0.111. The van der Waals surface area contributed by atoms with Gasteiger partial charge in [-0.25, -0.2) is 4.98 Å². The molecule has 25 heavy (non-hydrogen) atoms. The molecule has 0 bridgehead atoms. The Morgan fingerprint density at radius 3 is 2.84 bits per heavy atom. The SMILES string of the molecule is CCOc1cc(C=NNc2nc(-c3ccc(Cl)cc3)cs2)ccc1O. The molecule has 0 saturated heterocycles. The van der Waals surface area contributed by atoms with E-state index in [4.69, 9.17) is 16.3 Å². The molecule has 0 unspecified atom stereocenters. The predicted octanol–water partition coefficient (Wildman–Crippen LogP) is 5.01. The van der Waals surface area contributed by atoms with Crippen LogP contribution in [0.3, 0.4) is 0 Å². The van der Waals surface area contributed by atoms with Crippen molar-refractivity contribution in [3.63, 3.8) is 0 Å². The number of rotatable bonds is 6. The summed E-state index contributed by atoms with van der Waals surface area (Å²) in [6.07, 6.45) is 1.64. The number of halogens is 1. The van der Waals surface area contributed by atoms with Crippen LogP contribution in [-0.2, 0) is 0 Å². The van der Waals surface area contributed by atoms with Crippen LogP contribution in [0.5, 0.6) is 11.5 Å². The highest BCUT2D eigenvalue weighted by Gasteiger charge is 2.04. The van der Waals surface area contributed by atoms with E-state index in [1.165, 1.54) is 11.3 Å². The second kappa shape index (κ2) is 8.00. The van der Waals surface area contributed by atoms with E-state index in [0.717, 1.165) is 16.8 Å². The van der Waals surface area contributed by atoms with E-state index < -0.39 is 0 Å². The highest BCUT2D eigenvalue weighted by atomic mass is 35.5. The van der Waals surface area contributed by atoms with Crippen LogP contribution in [-0.4, -0.2) is 22.9 Å². The molecule has 0 amide bonds. The van der Waals surface area contributed by atoms with E-state index in [9.17, 15) is 5.11 Å². The molecule has 0 radical (unpaired) electrons. The number of hydrogen-bond acceptors (Lipinski definition) is 6. The van der Waals surface area contributed by atoms with E-state index in [1.807, 2.05) is 36.6 Å². The third-order valence-corrected chi connectivity index (χ3v) is 4.30. The first-order valence-corrected chi connectivity index (χ1v) is 8.88. The van der Waals surface area contributed by atoms with Gasteiger partial charge in [-0.05, 0) is 42.8 Å². The highest BCUT2D eigenvalue weighted by molar-refractivity contribution is 7.14. The lowest BCUT2D eigenvalue weighted by Gasteiger charge is -2.05. The van der Waals surface area contributed by atoms with Gasteiger partial charge in [-0.15, -0.1) is 11.3 Å². The molecule has 0 fully saturated rings. The molecule has 0 aliphatic heterocycles. The first-order valence-electron chi connectivity index (χ1n) is 7.62. The molecule has 2 N–H and O–H groups in total. The molecule has 5 nitrogen and oxygen atoms in total. The van der Waals surface area contributed by atoms with Gasteiger partial charge >= 0.3 is 0 Å². The lowest BCUT2D eigenvalue weighted by atomic mass is 10.2. The number of phenolic OH excluding ortho intramolecular Hbond substituents is 1. The van der Waals surface area contributed by atoms with Crippen LogP contribution in [0.4, 0.5) is 5.13 Å². The fourth-order valence-corrected chi connectivity index (χ4v) is 2.92. The van der Waals surface area contributed by atoms with Crippen molar-refractivity contribution in [1.29, 1.82) is 0 Å². The van der Waals surface area contributed by atoms with Gasteiger partial charge in [0.25, 0.3) is 0 Å². The van der Waals surface area contributed by atoms with E-state index in [2.05, 4.69) is 15.5 Å². The van der Waals surface area contributed by atoms with Crippen LogP contribution in [0.1, 0.15) is 12.5 Å². The number of anilines is 1. The van der Waals surface area contributed by atoms with E-state index in [0.29, 0.717) is 22.5 Å². The number of hydrogen-bond donors (Lipinski definition) is 2. The Morgan fingerprint density at radius 2 is 2.08 bits per heavy atom. The molecule has 3 rings (SSSR count). The average Bonchev–Trinajstić information content (AvgIpc) is 3.07. The van der Waals surface area contributed by atoms with Gasteiger partial charge in [-0.3, -0.25) is 5.43 Å². The number of thiazole rings is 1. The van der Waals surface area contributed by atoms with E-state index >= 15 is 0 Å². The lowest BCUT2D eigenvalue weighted by molar-refractivity contribution is 0.318. The minimum Gasteiger partial charge on any atom is -0.504 e. The summed E-state index contributed by atoms with van der Waals surface area (Å²) in [7, 11) is 0. The van der Waals surface area contributed by atoms with Gasteiger partial charge in [-0.2, -0.15) is 5.10 Å². The zero-order valence-corrected chi connectivity index (χ0v) is 15.0. The molecule has 0 saturated carbocycles. The van der Waals surface area contributed by atoms with Crippen molar-refractivity contribution in [1.82, 2.24) is 4.98 Å². The van der Waals surface area contributed by atoms with Gasteiger partial charge in [0.2, 0.25) is 5.13 Å². The smallest absolute Gasteiger partial charge is 0.203 e. The van der Waals surface area contributed by atoms with Crippen molar-refractivity contribution in [2.45, 2.75) is 6.92 Å². The second-order valence-electron chi connectivity index (χ2n) is 5.07. The molecular weight excluding hydrogens is 358 g/mol. The monoisotopic (exact) mass is 373 g/mol. The van der Waals surface area contributed by atoms with Crippen molar-refractivity contribution >= 4 is 34.3 Å². The maximum absolute atomic E-state index is 9.70. The number of benzene rings is 2. The van der Waals surface area contributed by atoms with Gasteiger partial charge in [0, 0.05) is 16.0 Å². The van der Waals surface area contributed by atoms with Crippen LogP contribution < -0.4 is 10.2 Å². The Morgan fingerprint density at radius 1 is 1.28 bits per heavy atom. The van der Waals surface area contributed by atoms with Crippen LogP contribution in [0.15, 0.2) is 52.9 Å². The van der Waals surface area contributed by atoms with Gasteiger partial charge in [0.15, 0.2) is 11.5 Å². The number of phenols is 1. The third kappa shape index (κ3) is 4.49. The maximum Gasteiger partial charge on any atom is 0.203 e. The van der Waals surface area contributed by atoms with Crippen LogP contribution in [0.25, 0.3) is 11.3 Å². The molecule has 0 spiro atoms. The molecule has 7 heteroatoms. The van der Waals surface area contributed by atoms with Crippen molar-refractivity contribution in [3.05, 3.63) is 58.4 Å². The summed E-state index contributed by atoms with van der Waals surface area (Å²) in [6, 6.07) is 12.6. The summed E-state index contributed by atoms with van der Waals surface area (Å²) < 4.78 is 5.35. The predicted molar refractivity (Wildman–Crippen MR) is 103 cm³/mol. The number of nitrogens with zero attached hydrogens (tertiary/aromatic N) is 2. The zero-order valence-electron chi connectivity index (χ0n) is 13.4. The first kappa shape index (κ1) is 17.3. The third-order valence-electron chi connectivity index (χ3n) is 3.30. The highest BCUT2D eigenvalue weighted by Crippen LogP contribution is 2.27. The number of aromatic nitrogens is 1. The van der Waals surface area contributed by atoms with Gasteiger partial charge in [-0.1, -0.05) is 23.7 Å². The molecule has 3 aromatic rings. The molecule has 1 aromatic heterocycles. The standard InChI is InChI=1S/C18H16ClN3O2S/c1-2-24-17-9-12(3-8-16(17)23)10-20-22-18-21-15(11-25-18)13-4-6-14(19)7-5-13/h3-11,23H,2H2,1H3,(H,21,22). The summed E-state index contributed by atoms with van der Waals surface area (Å²) in [5, 5.41) is 17.2. The Hall–Kier alpha value is -2.57. The molecule has 0 aliphatic rings. The summed E-state index contributed by atoms with van der Waals surface area (Å²) in [6.45, 7) is 2.35. The zero-order chi connectivity index (χ0) is 17.6. The number of hydrazone groups is 1. The Labute approximate surface area is 154 Å². The number of nitrogens with one attached hydrogen (secondary N) is 1. The van der Waals surface area contributed by atoms with Gasteiger partial charge in [0.05, 0.1) is 18.5 Å². The van der Waals surface area contributed by atoms with Crippen molar-refractivity contribution < 1.29 is 9.84 Å². The molecule has 1 heterocycles. The largest absolute Gasteiger partial charge is 0.504 e. The second-order valence-corrected chi connectivity index (χ2v) is 6.37. The fraction of sp³-hybridized carbons (Fsp3) is 0.111. The average molecular weight is 374 g/mol. The Bertz CT molecular complexity index is 878. The summed E-state index contributed by atoms with van der Waals surface area (Å²) in [5.74, 6) is 0.546. The molecule has 128 valence electrons.